The van der Waals surface area contributed by atoms with E-state index < -0.39 is 9.05 Å². The van der Waals surface area contributed by atoms with Gasteiger partial charge in [0.05, 0.1) is 18.1 Å². The van der Waals surface area contributed by atoms with E-state index in [9.17, 15) is 8.42 Å². The fourth-order valence-corrected chi connectivity index (χ4v) is 2.74. The molecule has 0 spiro atoms. The summed E-state index contributed by atoms with van der Waals surface area (Å²) in [6.45, 7) is 2.75. The molecule has 4 nitrogen and oxygen atoms in total. The first-order valence-electron chi connectivity index (χ1n) is 4.83. The Labute approximate surface area is 98.5 Å². The van der Waals surface area contributed by atoms with E-state index in [1.807, 2.05) is 0 Å². The Bertz CT molecular complexity index is 510. The summed E-state index contributed by atoms with van der Waals surface area (Å²) >= 11 is 0. The fourth-order valence-electron chi connectivity index (χ4n) is 1.55. The molecular weight excluding hydrogens is 252 g/mol. The van der Waals surface area contributed by atoms with Crippen LogP contribution >= 0.6 is 10.7 Å². The number of benzene rings is 1. The van der Waals surface area contributed by atoms with Gasteiger partial charge in [0.1, 0.15) is 0 Å². The number of hydrogen-bond acceptors (Lipinski definition) is 4. The van der Waals surface area contributed by atoms with Crippen LogP contribution in [0.2, 0.25) is 0 Å². The second kappa shape index (κ2) is 4.14. The molecule has 0 fully saturated rings. The summed E-state index contributed by atoms with van der Waals surface area (Å²) in [5.74, 6) is 1.00. The minimum atomic E-state index is -3.74. The van der Waals surface area contributed by atoms with Crippen LogP contribution in [0, 0.1) is 6.92 Å². The van der Waals surface area contributed by atoms with E-state index in [0.29, 0.717) is 30.3 Å². The minimum Gasteiger partial charge on any atom is -0.490 e. The predicted octanol–water partition coefficient (Wildman–Crippen LogP) is 2.08. The standard InChI is InChI=1S/C10H11ClO4S/c1-7-5-8-9(15-4-2-3-14-8)6-10(7)16(11,12)13/h5-6H,2-4H2,1H3. The number of halogens is 1. The summed E-state index contributed by atoms with van der Waals surface area (Å²) in [6, 6.07) is 3.05. The van der Waals surface area contributed by atoms with Crippen LogP contribution in [-0.4, -0.2) is 21.6 Å². The molecule has 16 heavy (non-hydrogen) atoms. The minimum absolute atomic E-state index is 0.0680. The van der Waals surface area contributed by atoms with Crippen molar-refractivity contribution in [2.24, 2.45) is 0 Å². The molecule has 0 aliphatic carbocycles. The van der Waals surface area contributed by atoms with Gasteiger partial charge in [0.2, 0.25) is 0 Å². The Morgan fingerprint density at radius 1 is 1.19 bits per heavy atom. The highest BCUT2D eigenvalue weighted by molar-refractivity contribution is 8.13. The van der Waals surface area contributed by atoms with Crippen LogP contribution in [0.4, 0.5) is 0 Å². The van der Waals surface area contributed by atoms with Crippen molar-refractivity contribution >= 4 is 19.7 Å². The molecule has 1 aliphatic heterocycles. The van der Waals surface area contributed by atoms with E-state index >= 15 is 0 Å². The Morgan fingerprint density at radius 2 is 1.75 bits per heavy atom. The highest BCUT2D eigenvalue weighted by Crippen LogP contribution is 2.35. The average Bonchev–Trinajstić information content (AvgIpc) is 2.39. The third-order valence-corrected chi connectivity index (χ3v) is 3.77. The SMILES string of the molecule is Cc1cc2c(cc1S(=O)(=O)Cl)OCCCO2. The zero-order valence-electron chi connectivity index (χ0n) is 8.70. The Kier molecular flexibility index (Phi) is 2.99. The molecule has 1 aromatic carbocycles. The van der Waals surface area contributed by atoms with E-state index in [1.165, 1.54) is 6.07 Å². The molecule has 0 N–H and O–H groups in total. The van der Waals surface area contributed by atoms with E-state index in [2.05, 4.69) is 0 Å². The van der Waals surface area contributed by atoms with Crippen molar-refractivity contribution in [2.75, 3.05) is 13.2 Å². The molecule has 88 valence electrons. The normalized spacial score (nSPS) is 15.6. The number of rotatable bonds is 1. The van der Waals surface area contributed by atoms with E-state index in [0.717, 1.165) is 6.42 Å². The Hall–Kier alpha value is -0.940. The van der Waals surface area contributed by atoms with E-state index in [1.54, 1.807) is 13.0 Å². The molecule has 0 saturated carbocycles. The molecule has 0 saturated heterocycles. The molecular formula is C10H11ClO4S. The van der Waals surface area contributed by atoms with Gasteiger partial charge in [-0.1, -0.05) is 0 Å². The van der Waals surface area contributed by atoms with Crippen molar-refractivity contribution in [3.63, 3.8) is 0 Å². The van der Waals surface area contributed by atoms with E-state index in [-0.39, 0.29) is 4.90 Å². The van der Waals surface area contributed by atoms with Gasteiger partial charge in [-0.05, 0) is 18.6 Å². The fraction of sp³-hybridized carbons (Fsp3) is 0.400. The van der Waals surface area contributed by atoms with Crippen molar-refractivity contribution in [3.05, 3.63) is 17.7 Å². The first-order chi connectivity index (χ1) is 7.48. The van der Waals surface area contributed by atoms with Gasteiger partial charge in [-0.15, -0.1) is 0 Å². The van der Waals surface area contributed by atoms with Gasteiger partial charge >= 0.3 is 0 Å². The highest BCUT2D eigenvalue weighted by Gasteiger charge is 2.19. The molecule has 0 amide bonds. The lowest BCUT2D eigenvalue weighted by Crippen LogP contribution is -1.98. The summed E-state index contributed by atoms with van der Waals surface area (Å²) in [5, 5.41) is 0. The van der Waals surface area contributed by atoms with Crippen LogP contribution < -0.4 is 9.47 Å². The number of fused-ring (bicyclic) bond motifs is 1. The van der Waals surface area contributed by atoms with Crippen LogP contribution in [0.15, 0.2) is 17.0 Å². The summed E-state index contributed by atoms with van der Waals surface area (Å²) in [5.41, 5.74) is 0.555. The zero-order chi connectivity index (χ0) is 11.8. The summed E-state index contributed by atoms with van der Waals surface area (Å²) < 4.78 is 33.4. The van der Waals surface area contributed by atoms with Crippen LogP contribution in [0.25, 0.3) is 0 Å². The summed E-state index contributed by atoms with van der Waals surface area (Å²) in [6.07, 6.45) is 0.774. The topological polar surface area (TPSA) is 52.6 Å². The molecule has 2 rings (SSSR count). The maximum absolute atomic E-state index is 11.3. The van der Waals surface area contributed by atoms with Crippen LogP contribution in [0.3, 0.4) is 0 Å². The van der Waals surface area contributed by atoms with Crippen molar-refractivity contribution in [3.8, 4) is 11.5 Å². The average molecular weight is 263 g/mol. The molecule has 0 atom stereocenters. The molecule has 0 aromatic heterocycles. The highest BCUT2D eigenvalue weighted by atomic mass is 35.7. The summed E-state index contributed by atoms with van der Waals surface area (Å²) in [7, 11) is 1.58. The third-order valence-electron chi connectivity index (χ3n) is 2.31. The quantitative estimate of drug-likeness (QED) is 0.727. The molecule has 0 radical (unpaired) electrons. The van der Waals surface area contributed by atoms with Gasteiger partial charge in [-0.25, -0.2) is 8.42 Å². The van der Waals surface area contributed by atoms with Gasteiger partial charge in [0.25, 0.3) is 9.05 Å². The molecule has 1 aliphatic rings. The number of aryl methyl sites for hydroxylation is 1. The molecule has 1 heterocycles. The van der Waals surface area contributed by atoms with E-state index in [4.69, 9.17) is 20.2 Å². The maximum Gasteiger partial charge on any atom is 0.261 e. The largest absolute Gasteiger partial charge is 0.490 e. The van der Waals surface area contributed by atoms with Gasteiger partial charge in [0, 0.05) is 23.2 Å². The summed E-state index contributed by atoms with van der Waals surface area (Å²) in [4.78, 5) is 0.0680. The van der Waals surface area contributed by atoms with Crippen LogP contribution in [-0.2, 0) is 9.05 Å². The van der Waals surface area contributed by atoms with Gasteiger partial charge in [-0.3, -0.25) is 0 Å². The second-order valence-electron chi connectivity index (χ2n) is 3.55. The van der Waals surface area contributed by atoms with Crippen LogP contribution in [0.5, 0.6) is 11.5 Å². The number of hydrogen-bond donors (Lipinski definition) is 0. The van der Waals surface area contributed by atoms with Crippen LogP contribution in [0.1, 0.15) is 12.0 Å². The third kappa shape index (κ3) is 2.25. The van der Waals surface area contributed by atoms with Crippen molar-refractivity contribution in [1.29, 1.82) is 0 Å². The molecule has 0 unspecified atom stereocenters. The number of ether oxygens (including phenoxy) is 2. The van der Waals surface area contributed by atoms with Crippen molar-refractivity contribution in [2.45, 2.75) is 18.2 Å². The van der Waals surface area contributed by atoms with Crippen molar-refractivity contribution < 1.29 is 17.9 Å². The van der Waals surface area contributed by atoms with Gasteiger partial charge in [-0.2, -0.15) is 0 Å². The maximum atomic E-state index is 11.3. The van der Waals surface area contributed by atoms with Gasteiger partial charge < -0.3 is 9.47 Å². The predicted molar refractivity (Wildman–Crippen MR) is 59.8 cm³/mol. The first kappa shape index (κ1) is 11.5. The molecule has 6 heteroatoms. The lowest BCUT2D eigenvalue weighted by atomic mass is 10.2. The lowest BCUT2D eigenvalue weighted by molar-refractivity contribution is 0.297. The lowest BCUT2D eigenvalue weighted by Gasteiger charge is -2.10. The monoisotopic (exact) mass is 262 g/mol. The zero-order valence-corrected chi connectivity index (χ0v) is 10.3. The Morgan fingerprint density at radius 3 is 2.31 bits per heavy atom. The smallest absolute Gasteiger partial charge is 0.261 e. The first-order valence-corrected chi connectivity index (χ1v) is 7.14. The molecule has 0 bridgehead atoms. The Balaban J connectivity index is 2.56. The van der Waals surface area contributed by atoms with Gasteiger partial charge in [0.15, 0.2) is 11.5 Å². The molecule has 1 aromatic rings. The van der Waals surface area contributed by atoms with Crippen molar-refractivity contribution in [1.82, 2.24) is 0 Å². The second-order valence-corrected chi connectivity index (χ2v) is 6.09.